The summed E-state index contributed by atoms with van der Waals surface area (Å²) in [6.45, 7) is 3.24. The van der Waals surface area contributed by atoms with Crippen LogP contribution in [0.3, 0.4) is 0 Å². The van der Waals surface area contributed by atoms with Gasteiger partial charge in [0, 0.05) is 16.7 Å². The van der Waals surface area contributed by atoms with Crippen LogP contribution in [0.15, 0.2) is 29.3 Å². The van der Waals surface area contributed by atoms with Gasteiger partial charge >= 0.3 is 0 Å². The molecule has 0 bridgehead atoms. The highest BCUT2D eigenvalue weighted by Crippen LogP contribution is 2.13. The lowest BCUT2D eigenvalue weighted by atomic mass is 10.2. The molecule has 0 aliphatic carbocycles. The van der Waals surface area contributed by atoms with Crippen LogP contribution in [0.1, 0.15) is 6.42 Å². The molecule has 1 aliphatic heterocycles. The summed E-state index contributed by atoms with van der Waals surface area (Å²) in [4.78, 5) is 6.35. The molecule has 1 fully saturated rings. The summed E-state index contributed by atoms with van der Waals surface area (Å²) in [6, 6.07) is 7.97. The van der Waals surface area contributed by atoms with E-state index in [9.17, 15) is 0 Å². The summed E-state index contributed by atoms with van der Waals surface area (Å²) < 4.78 is 6.76. The molecule has 0 saturated carbocycles. The van der Waals surface area contributed by atoms with E-state index in [0.29, 0.717) is 19.1 Å². The molecule has 0 aromatic heterocycles. The molecule has 0 radical (unpaired) electrons. The number of ether oxygens (including phenoxy) is 1. The lowest BCUT2D eigenvalue weighted by molar-refractivity contribution is 0.292. The maximum Gasteiger partial charge on any atom is 0.191 e. The summed E-state index contributed by atoms with van der Waals surface area (Å²) in [6.07, 6.45) is 1.22. The molecule has 1 heterocycles. The number of benzene rings is 1. The van der Waals surface area contributed by atoms with Gasteiger partial charge in [0.05, 0.1) is 6.54 Å². The Kier molecular flexibility index (Phi) is 4.47. The third kappa shape index (κ3) is 3.76. The van der Waals surface area contributed by atoms with Gasteiger partial charge in [0.1, 0.15) is 12.4 Å². The van der Waals surface area contributed by atoms with Crippen LogP contribution >= 0.6 is 22.6 Å². The van der Waals surface area contributed by atoms with Gasteiger partial charge in [-0.05, 0) is 53.3 Å². The minimum Gasteiger partial charge on any atom is -0.492 e. The first-order valence-electron chi connectivity index (χ1n) is 5.69. The van der Waals surface area contributed by atoms with Gasteiger partial charge in [0.15, 0.2) is 5.96 Å². The highest BCUT2D eigenvalue weighted by molar-refractivity contribution is 14.1. The van der Waals surface area contributed by atoms with Crippen molar-refractivity contribution in [3.05, 3.63) is 27.8 Å². The smallest absolute Gasteiger partial charge is 0.191 e. The lowest BCUT2D eigenvalue weighted by Gasteiger charge is -2.31. The highest BCUT2D eigenvalue weighted by Gasteiger charge is 2.14. The van der Waals surface area contributed by atoms with E-state index in [1.54, 1.807) is 0 Å². The maximum absolute atomic E-state index is 5.80. The first-order valence-corrected chi connectivity index (χ1v) is 6.77. The Morgan fingerprint density at radius 2 is 2.06 bits per heavy atom. The lowest BCUT2D eigenvalue weighted by Crippen LogP contribution is -2.46. The van der Waals surface area contributed by atoms with Crippen LogP contribution in [0.2, 0.25) is 0 Å². The van der Waals surface area contributed by atoms with E-state index in [-0.39, 0.29) is 0 Å². The fourth-order valence-corrected chi connectivity index (χ4v) is 1.86. The molecule has 1 aromatic carbocycles. The van der Waals surface area contributed by atoms with Crippen molar-refractivity contribution in [3.63, 3.8) is 0 Å². The standard InChI is InChI=1S/C12H16IN3O/c13-10-2-4-11(5-3-10)17-9-6-15-12(14)16-7-1-8-16/h2-5H,1,6-9H2,(H2,14,15). The number of rotatable bonds is 4. The van der Waals surface area contributed by atoms with Gasteiger partial charge < -0.3 is 15.4 Å². The van der Waals surface area contributed by atoms with E-state index in [2.05, 4.69) is 32.5 Å². The molecule has 92 valence electrons. The molecule has 4 nitrogen and oxygen atoms in total. The SMILES string of the molecule is NC(=NCCOc1ccc(I)cc1)N1CCC1. The van der Waals surface area contributed by atoms with Gasteiger partial charge in [-0.3, -0.25) is 0 Å². The molecule has 0 unspecified atom stereocenters. The van der Waals surface area contributed by atoms with Crippen LogP contribution in [0.5, 0.6) is 5.75 Å². The van der Waals surface area contributed by atoms with Gasteiger partial charge in [0.25, 0.3) is 0 Å². The van der Waals surface area contributed by atoms with Crippen LogP contribution in [0.25, 0.3) is 0 Å². The largest absolute Gasteiger partial charge is 0.492 e. The first-order chi connectivity index (χ1) is 8.25. The van der Waals surface area contributed by atoms with Gasteiger partial charge in [-0.2, -0.15) is 0 Å². The Balaban J connectivity index is 1.70. The molecule has 17 heavy (non-hydrogen) atoms. The maximum atomic E-state index is 5.80. The number of nitrogens with two attached hydrogens (primary N) is 1. The molecule has 5 heteroatoms. The number of halogens is 1. The fourth-order valence-electron chi connectivity index (χ4n) is 1.50. The van der Waals surface area contributed by atoms with E-state index in [1.807, 2.05) is 24.3 Å². The summed E-state index contributed by atoms with van der Waals surface area (Å²) in [5.41, 5.74) is 5.80. The van der Waals surface area contributed by atoms with Crippen LogP contribution < -0.4 is 10.5 Å². The minimum atomic E-state index is 0.565. The van der Waals surface area contributed by atoms with E-state index in [4.69, 9.17) is 10.5 Å². The van der Waals surface area contributed by atoms with E-state index < -0.39 is 0 Å². The summed E-state index contributed by atoms with van der Waals surface area (Å²) >= 11 is 2.27. The van der Waals surface area contributed by atoms with Crippen molar-refractivity contribution in [2.24, 2.45) is 10.7 Å². The third-order valence-corrected chi connectivity index (χ3v) is 3.35. The predicted molar refractivity (Wildman–Crippen MR) is 77.3 cm³/mol. The minimum absolute atomic E-state index is 0.565. The van der Waals surface area contributed by atoms with E-state index in [1.165, 1.54) is 9.99 Å². The second kappa shape index (κ2) is 6.09. The molecule has 1 aliphatic rings. The topological polar surface area (TPSA) is 50.9 Å². The summed E-state index contributed by atoms with van der Waals surface area (Å²) in [7, 11) is 0. The normalized spacial score (nSPS) is 15.6. The number of hydrogen-bond acceptors (Lipinski definition) is 2. The highest BCUT2D eigenvalue weighted by atomic mass is 127. The number of nitrogens with zero attached hydrogens (tertiary/aromatic N) is 2. The van der Waals surface area contributed by atoms with Crippen molar-refractivity contribution in [2.75, 3.05) is 26.2 Å². The third-order valence-electron chi connectivity index (χ3n) is 2.63. The Hall–Kier alpha value is -0.980. The van der Waals surface area contributed by atoms with Crippen molar-refractivity contribution in [3.8, 4) is 5.75 Å². The molecule has 0 atom stereocenters. The molecule has 1 aromatic rings. The zero-order valence-corrected chi connectivity index (χ0v) is 11.8. The van der Waals surface area contributed by atoms with Crippen molar-refractivity contribution >= 4 is 28.6 Å². The zero-order valence-electron chi connectivity index (χ0n) is 9.60. The first kappa shape index (κ1) is 12.5. The van der Waals surface area contributed by atoms with Crippen molar-refractivity contribution in [2.45, 2.75) is 6.42 Å². The Labute approximate surface area is 115 Å². The van der Waals surface area contributed by atoms with Gasteiger partial charge in [-0.1, -0.05) is 0 Å². The van der Waals surface area contributed by atoms with Gasteiger partial charge in [-0.15, -0.1) is 0 Å². The van der Waals surface area contributed by atoms with Crippen LogP contribution in [0.4, 0.5) is 0 Å². The monoisotopic (exact) mass is 345 g/mol. The molecule has 0 amide bonds. The van der Waals surface area contributed by atoms with E-state index in [0.717, 1.165) is 18.8 Å². The Morgan fingerprint density at radius 1 is 1.35 bits per heavy atom. The van der Waals surface area contributed by atoms with Gasteiger partial charge in [0.2, 0.25) is 0 Å². The predicted octanol–water partition coefficient (Wildman–Crippen LogP) is 1.69. The summed E-state index contributed by atoms with van der Waals surface area (Å²) in [5, 5.41) is 0. The number of aliphatic imine (C=N–C) groups is 1. The Morgan fingerprint density at radius 3 is 2.65 bits per heavy atom. The Bertz CT molecular complexity index is 387. The zero-order chi connectivity index (χ0) is 12.1. The van der Waals surface area contributed by atoms with Crippen molar-refractivity contribution < 1.29 is 4.74 Å². The van der Waals surface area contributed by atoms with Crippen LogP contribution in [0, 0.1) is 3.57 Å². The number of hydrogen-bond donors (Lipinski definition) is 1. The average Bonchev–Trinajstić information content (AvgIpc) is 2.24. The molecule has 2 N–H and O–H groups in total. The van der Waals surface area contributed by atoms with E-state index >= 15 is 0 Å². The van der Waals surface area contributed by atoms with Crippen LogP contribution in [-0.4, -0.2) is 37.1 Å². The molecular formula is C12H16IN3O. The molecule has 1 saturated heterocycles. The average molecular weight is 345 g/mol. The second-order valence-electron chi connectivity index (χ2n) is 3.88. The molecular weight excluding hydrogens is 329 g/mol. The van der Waals surface area contributed by atoms with Gasteiger partial charge in [-0.25, -0.2) is 4.99 Å². The second-order valence-corrected chi connectivity index (χ2v) is 5.13. The molecule has 2 rings (SSSR count). The number of likely N-dealkylation sites (tertiary alicyclic amines) is 1. The van der Waals surface area contributed by atoms with Crippen molar-refractivity contribution in [1.29, 1.82) is 0 Å². The quantitative estimate of drug-likeness (QED) is 0.391. The van der Waals surface area contributed by atoms with Crippen molar-refractivity contribution in [1.82, 2.24) is 4.90 Å². The van der Waals surface area contributed by atoms with Crippen LogP contribution in [-0.2, 0) is 0 Å². The molecule has 0 spiro atoms. The fraction of sp³-hybridized carbons (Fsp3) is 0.417. The number of guanidine groups is 1. The summed E-state index contributed by atoms with van der Waals surface area (Å²) in [5.74, 6) is 1.52.